The minimum absolute atomic E-state index is 1.16. The van der Waals surface area contributed by atoms with Crippen molar-refractivity contribution in [3.8, 4) is 0 Å². The van der Waals surface area contributed by atoms with E-state index in [0.29, 0.717) is 0 Å². The summed E-state index contributed by atoms with van der Waals surface area (Å²) in [5, 5.41) is 8.70. The lowest BCUT2D eigenvalue weighted by molar-refractivity contribution is 0.182. The van der Waals surface area contributed by atoms with E-state index in [-0.39, 0.29) is 0 Å². The van der Waals surface area contributed by atoms with Gasteiger partial charge in [0.15, 0.2) is 0 Å². The predicted molar refractivity (Wildman–Crippen MR) is 44.3 cm³/mol. The topological polar surface area (TPSA) is 124 Å². The molecule has 0 saturated carbocycles. The Morgan fingerprint density at radius 3 is 1.92 bits per heavy atom. The lowest BCUT2D eigenvalue weighted by Gasteiger charge is -2.19. The zero-order valence-electron chi connectivity index (χ0n) is 6.44. The van der Waals surface area contributed by atoms with Crippen molar-refractivity contribution in [1.29, 1.82) is 0 Å². The third-order valence-electron chi connectivity index (χ3n) is 0.889. The fourth-order valence-electron chi connectivity index (χ4n) is 0.453. The highest BCUT2D eigenvalue weighted by molar-refractivity contribution is 7.70. The first-order valence-electron chi connectivity index (χ1n) is 2.95. The van der Waals surface area contributed by atoms with Gasteiger partial charge in [-0.05, 0) is 6.92 Å². The summed E-state index contributed by atoms with van der Waals surface area (Å²) in [5.41, 5.74) is -4.00. The third kappa shape index (κ3) is 4.54. The molecule has 80 valence electrons. The summed E-state index contributed by atoms with van der Waals surface area (Å²) in [5.74, 6) is 0. The molecule has 0 spiro atoms. The van der Waals surface area contributed by atoms with Crippen LogP contribution in [0.2, 0.25) is 0 Å². The number of alkyl halides is 1. The molecular weight excluding hydrogens is 245 g/mol. The van der Waals surface area contributed by atoms with E-state index >= 15 is 0 Å². The highest BCUT2D eigenvalue weighted by Gasteiger charge is 2.44. The number of aliphatic hydroxyl groups excluding tert-OH is 1. The molecule has 13 heavy (non-hydrogen) atoms. The second-order valence-corrected chi connectivity index (χ2v) is 6.67. The fraction of sp³-hybridized carbons (Fsp3) is 1.00. The molecule has 0 amide bonds. The quantitative estimate of drug-likeness (QED) is 0.418. The molecule has 0 heterocycles. The summed E-state index contributed by atoms with van der Waals surface area (Å²) in [6, 6.07) is 0. The van der Waals surface area contributed by atoms with Gasteiger partial charge in [0.2, 0.25) is 0 Å². The maximum Gasteiger partial charge on any atom is 0.370 e. The van der Waals surface area contributed by atoms with Gasteiger partial charge in [0, 0.05) is 0 Å². The minimum Gasteiger partial charge on any atom is -0.370 e. The van der Waals surface area contributed by atoms with Gasteiger partial charge in [-0.2, -0.15) is 0 Å². The van der Waals surface area contributed by atoms with E-state index in [1.807, 2.05) is 0 Å². The fourth-order valence-corrected chi connectivity index (χ4v) is 3.00. The summed E-state index contributed by atoms with van der Waals surface area (Å²) in [6.45, 7) is 1.16. The normalized spacial score (nSPS) is 22.0. The van der Waals surface area contributed by atoms with Gasteiger partial charge in [-0.3, -0.25) is 13.7 Å². The van der Waals surface area contributed by atoms with E-state index in [1.54, 1.807) is 0 Å². The maximum atomic E-state index is 10.9. The van der Waals surface area contributed by atoms with E-state index in [9.17, 15) is 9.13 Å². The van der Waals surface area contributed by atoms with Crippen LogP contribution in [0.3, 0.4) is 0 Å². The van der Waals surface area contributed by atoms with Crippen molar-refractivity contribution in [2.24, 2.45) is 0 Å². The molecule has 0 aliphatic heterocycles. The molecule has 7 nitrogen and oxygen atoms in total. The van der Waals surface area contributed by atoms with Gasteiger partial charge in [0.1, 0.15) is 5.56 Å². The average Bonchev–Trinajstić information content (AvgIpc) is 1.80. The predicted octanol–water partition coefficient (Wildman–Crippen LogP) is 0.227. The number of hydrogen-bond donors (Lipinski definition) is 4. The molecule has 0 fully saturated rings. The summed E-state index contributed by atoms with van der Waals surface area (Å²) in [6.07, 6.45) is 0. The van der Waals surface area contributed by atoms with Gasteiger partial charge in [0.05, 0.1) is 0 Å². The van der Waals surface area contributed by atoms with Gasteiger partial charge >= 0.3 is 15.2 Å². The van der Waals surface area contributed by atoms with Crippen LogP contribution >= 0.6 is 26.8 Å². The standard InChI is InChI=1S/C3H9ClO7P2/c1-2(4)11-13(9,10)3(5)12(6,7)8/h2-3,5H,1H3,(H,9,10)(H2,6,7,8). The Kier molecular flexibility index (Phi) is 4.57. The number of halogens is 1. The van der Waals surface area contributed by atoms with Crippen LogP contribution < -0.4 is 0 Å². The monoisotopic (exact) mass is 254 g/mol. The number of hydrogen-bond acceptors (Lipinski definition) is 4. The molecule has 0 aromatic heterocycles. The molecule has 0 bridgehead atoms. The van der Waals surface area contributed by atoms with Crippen LogP contribution in [0.4, 0.5) is 0 Å². The molecular formula is C3H9ClO7P2. The first kappa shape index (κ1) is 13.5. The summed E-state index contributed by atoms with van der Waals surface area (Å²) in [7, 11) is -9.88. The Hall–Kier alpha value is 0.550. The van der Waals surface area contributed by atoms with E-state index in [4.69, 9.17) is 31.4 Å². The molecule has 10 heteroatoms. The second kappa shape index (κ2) is 4.38. The summed E-state index contributed by atoms with van der Waals surface area (Å²) in [4.78, 5) is 25.5. The number of rotatable bonds is 4. The minimum atomic E-state index is -5.08. The molecule has 4 N–H and O–H groups in total. The molecule has 3 unspecified atom stereocenters. The van der Waals surface area contributed by atoms with Gasteiger partial charge in [-0.15, -0.1) is 0 Å². The highest BCUT2D eigenvalue weighted by atomic mass is 35.5. The molecule has 0 aromatic rings. The van der Waals surface area contributed by atoms with E-state index in [0.717, 1.165) is 6.92 Å². The second-order valence-electron chi connectivity index (χ2n) is 2.15. The van der Waals surface area contributed by atoms with E-state index in [2.05, 4.69) is 4.52 Å². The molecule has 0 radical (unpaired) electrons. The summed E-state index contributed by atoms with van der Waals surface area (Å²) >= 11 is 5.14. The molecule has 0 aliphatic rings. The van der Waals surface area contributed by atoms with E-state index in [1.165, 1.54) is 0 Å². The van der Waals surface area contributed by atoms with Crippen LogP contribution in [0, 0.1) is 0 Å². The van der Waals surface area contributed by atoms with E-state index < -0.39 is 26.3 Å². The zero-order valence-corrected chi connectivity index (χ0v) is 8.99. The lowest BCUT2D eigenvalue weighted by atomic mass is 10.9. The molecule has 0 aliphatic carbocycles. The first-order chi connectivity index (χ1) is 5.57. The van der Waals surface area contributed by atoms with Crippen LogP contribution in [0.25, 0.3) is 0 Å². The van der Waals surface area contributed by atoms with Crippen molar-refractivity contribution < 1.29 is 33.4 Å². The van der Waals surface area contributed by atoms with Crippen LogP contribution in [-0.2, 0) is 13.7 Å². The van der Waals surface area contributed by atoms with Crippen molar-refractivity contribution in [2.75, 3.05) is 0 Å². The van der Waals surface area contributed by atoms with Crippen LogP contribution in [0.15, 0.2) is 0 Å². The third-order valence-corrected chi connectivity index (χ3v) is 4.68. The maximum absolute atomic E-state index is 10.9. The largest absolute Gasteiger partial charge is 0.370 e. The molecule has 0 rings (SSSR count). The molecule has 0 saturated heterocycles. The lowest BCUT2D eigenvalue weighted by Crippen LogP contribution is -2.12. The Labute approximate surface area is 79.0 Å². The zero-order chi connectivity index (χ0) is 10.9. The number of aliphatic hydroxyl groups is 1. The average molecular weight is 254 g/mol. The van der Waals surface area contributed by atoms with Gasteiger partial charge in [-0.25, -0.2) is 0 Å². The first-order valence-corrected chi connectivity index (χ1v) is 6.72. The van der Waals surface area contributed by atoms with Crippen molar-refractivity contribution in [1.82, 2.24) is 0 Å². The Morgan fingerprint density at radius 2 is 1.69 bits per heavy atom. The highest BCUT2D eigenvalue weighted by Crippen LogP contribution is 2.61. The Bertz CT molecular complexity index is 258. The van der Waals surface area contributed by atoms with Crippen molar-refractivity contribution in [3.05, 3.63) is 0 Å². The van der Waals surface area contributed by atoms with Gasteiger partial charge in [0.25, 0.3) is 5.59 Å². The Morgan fingerprint density at radius 1 is 1.31 bits per heavy atom. The Balaban J connectivity index is 4.65. The van der Waals surface area contributed by atoms with Crippen LogP contribution in [0.5, 0.6) is 0 Å². The van der Waals surface area contributed by atoms with Gasteiger partial charge < -0.3 is 19.8 Å². The smallest absolute Gasteiger partial charge is 0.370 e. The van der Waals surface area contributed by atoms with Crippen LogP contribution in [0.1, 0.15) is 6.92 Å². The molecule has 3 atom stereocenters. The molecule has 0 aromatic carbocycles. The van der Waals surface area contributed by atoms with Crippen LogP contribution in [-0.4, -0.2) is 30.9 Å². The van der Waals surface area contributed by atoms with Crippen molar-refractivity contribution in [3.63, 3.8) is 0 Å². The van der Waals surface area contributed by atoms with Gasteiger partial charge in [-0.1, -0.05) is 11.6 Å². The van der Waals surface area contributed by atoms with Crippen molar-refractivity contribution >= 4 is 26.8 Å². The van der Waals surface area contributed by atoms with Crippen molar-refractivity contribution in [2.45, 2.75) is 18.1 Å². The SMILES string of the molecule is CC(Cl)OP(=O)(O)C(O)P(=O)(O)O. The summed E-state index contributed by atoms with van der Waals surface area (Å²) < 4.78 is 25.3.